The summed E-state index contributed by atoms with van der Waals surface area (Å²) in [5.74, 6) is 0.0252. The highest BCUT2D eigenvalue weighted by Crippen LogP contribution is 2.44. The second kappa shape index (κ2) is 6.88. The first-order valence-corrected chi connectivity index (χ1v) is 9.30. The van der Waals surface area contributed by atoms with Crippen molar-refractivity contribution < 1.29 is 9.90 Å². The molecule has 4 rings (SSSR count). The lowest BCUT2D eigenvalue weighted by atomic mass is 9.79. The first-order valence-electron chi connectivity index (χ1n) is 9.30. The number of fused-ring (bicyclic) bond motifs is 1. The molecule has 0 saturated heterocycles. The summed E-state index contributed by atoms with van der Waals surface area (Å²) < 4.78 is 0. The van der Waals surface area contributed by atoms with E-state index < -0.39 is 0 Å². The molecular weight excluding hydrogens is 332 g/mol. The average Bonchev–Trinajstić information content (AvgIpc) is 2.95. The van der Waals surface area contributed by atoms with E-state index in [2.05, 4.69) is 26.0 Å². The minimum atomic E-state index is -0.301. The first kappa shape index (κ1) is 17.3. The smallest absolute Gasteiger partial charge is 0.194 e. The topological polar surface area (TPSA) is 37.3 Å². The second-order valence-electron chi connectivity index (χ2n) is 7.26. The molecule has 1 N–H and O–H groups in total. The molecule has 0 heterocycles. The molecule has 0 spiro atoms. The van der Waals surface area contributed by atoms with Crippen LogP contribution >= 0.6 is 0 Å². The molecule has 0 saturated carbocycles. The third-order valence-electron chi connectivity index (χ3n) is 5.28. The van der Waals surface area contributed by atoms with E-state index in [1.165, 1.54) is 5.56 Å². The van der Waals surface area contributed by atoms with E-state index in [-0.39, 0.29) is 17.5 Å². The van der Waals surface area contributed by atoms with E-state index in [0.29, 0.717) is 22.6 Å². The Kier molecular flexibility index (Phi) is 4.41. The molecular formula is C25H22O2. The summed E-state index contributed by atoms with van der Waals surface area (Å²) in [6.45, 7) is 4.31. The van der Waals surface area contributed by atoms with Gasteiger partial charge in [0.25, 0.3) is 0 Å². The van der Waals surface area contributed by atoms with E-state index in [1.807, 2.05) is 60.7 Å². The van der Waals surface area contributed by atoms with Gasteiger partial charge in [-0.3, -0.25) is 4.79 Å². The monoisotopic (exact) mass is 354 g/mol. The van der Waals surface area contributed by atoms with Crippen LogP contribution in [0.15, 0.2) is 84.4 Å². The molecule has 0 unspecified atom stereocenters. The Hall–Kier alpha value is -3.13. The normalized spacial score (nSPS) is 14.6. The zero-order valence-electron chi connectivity index (χ0n) is 15.5. The van der Waals surface area contributed by atoms with Gasteiger partial charge in [-0.1, -0.05) is 92.7 Å². The molecule has 1 atom stereocenters. The highest BCUT2D eigenvalue weighted by molar-refractivity contribution is 6.20. The maximum Gasteiger partial charge on any atom is 0.194 e. The van der Waals surface area contributed by atoms with Crippen LogP contribution in [0.5, 0.6) is 0 Å². The molecule has 27 heavy (non-hydrogen) atoms. The highest BCUT2D eigenvalue weighted by Gasteiger charge is 2.36. The number of aliphatic hydroxyl groups is 1. The predicted molar refractivity (Wildman–Crippen MR) is 109 cm³/mol. The number of hydrogen-bond donors (Lipinski definition) is 1. The van der Waals surface area contributed by atoms with Crippen molar-refractivity contribution in [2.24, 2.45) is 0 Å². The number of carbonyl (C=O) groups excluding carboxylic acids is 1. The summed E-state index contributed by atoms with van der Waals surface area (Å²) in [6, 6.07) is 25.5. The maximum absolute atomic E-state index is 13.3. The van der Waals surface area contributed by atoms with Crippen molar-refractivity contribution in [2.45, 2.75) is 25.7 Å². The van der Waals surface area contributed by atoms with Gasteiger partial charge in [0.1, 0.15) is 5.76 Å². The van der Waals surface area contributed by atoms with Crippen LogP contribution in [-0.2, 0) is 0 Å². The fourth-order valence-corrected chi connectivity index (χ4v) is 4.00. The number of ketones is 1. The fraction of sp³-hybridized carbons (Fsp3) is 0.160. The van der Waals surface area contributed by atoms with Crippen molar-refractivity contribution in [3.8, 4) is 0 Å². The fourth-order valence-electron chi connectivity index (χ4n) is 4.00. The van der Waals surface area contributed by atoms with Gasteiger partial charge in [0.05, 0.1) is 5.57 Å². The van der Waals surface area contributed by atoms with E-state index in [0.717, 1.165) is 11.1 Å². The molecule has 0 fully saturated rings. The zero-order chi connectivity index (χ0) is 19.0. The summed E-state index contributed by atoms with van der Waals surface area (Å²) in [5.41, 5.74) is 4.94. The Labute approximate surface area is 159 Å². The van der Waals surface area contributed by atoms with Gasteiger partial charge in [0, 0.05) is 17.0 Å². The number of aliphatic hydroxyl groups excluding tert-OH is 1. The van der Waals surface area contributed by atoms with Gasteiger partial charge < -0.3 is 5.11 Å². The molecule has 2 heteroatoms. The zero-order valence-corrected chi connectivity index (χ0v) is 15.5. The van der Waals surface area contributed by atoms with Crippen LogP contribution in [0.2, 0.25) is 0 Å². The number of allylic oxidation sites excluding steroid dienone is 1. The first-order chi connectivity index (χ1) is 13.1. The van der Waals surface area contributed by atoms with E-state index in [4.69, 9.17) is 0 Å². The van der Waals surface area contributed by atoms with E-state index in [9.17, 15) is 9.90 Å². The molecule has 3 aromatic carbocycles. The molecule has 0 bridgehead atoms. The Balaban J connectivity index is 1.98. The SMILES string of the molecule is CC(C)c1ccccc1[C@H](C1=C(O)c2ccccc2C1=O)c1ccccc1. The maximum atomic E-state index is 13.3. The quantitative estimate of drug-likeness (QED) is 0.614. The molecule has 0 aromatic heterocycles. The summed E-state index contributed by atoms with van der Waals surface area (Å²) in [7, 11) is 0. The van der Waals surface area contributed by atoms with Crippen molar-refractivity contribution in [1.29, 1.82) is 0 Å². The van der Waals surface area contributed by atoms with Crippen molar-refractivity contribution in [3.63, 3.8) is 0 Å². The van der Waals surface area contributed by atoms with Crippen LogP contribution in [0.25, 0.3) is 5.76 Å². The van der Waals surface area contributed by atoms with Crippen molar-refractivity contribution in [2.75, 3.05) is 0 Å². The van der Waals surface area contributed by atoms with Gasteiger partial charge in [-0.05, 0) is 22.6 Å². The minimum Gasteiger partial charge on any atom is -0.507 e. The number of carbonyl (C=O) groups is 1. The van der Waals surface area contributed by atoms with E-state index in [1.54, 1.807) is 6.07 Å². The number of hydrogen-bond acceptors (Lipinski definition) is 2. The van der Waals surface area contributed by atoms with Crippen LogP contribution in [0.3, 0.4) is 0 Å². The molecule has 0 radical (unpaired) electrons. The summed E-state index contributed by atoms with van der Waals surface area (Å²) in [5, 5.41) is 11.0. The minimum absolute atomic E-state index is 0.0875. The molecule has 1 aliphatic carbocycles. The van der Waals surface area contributed by atoms with Crippen molar-refractivity contribution in [3.05, 3.63) is 112 Å². The summed E-state index contributed by atoms with van der Waals surface area (Å²) >= 11 is 0. The predicted octanol–water partition coefficient (Wildman–Crippen LogP) is 6.11. The lowest BCUT2D eigenvalue weighted by molar-refractivity contribution is 0.103. The van der Waals surface area contributed by atoms with Gasteiger partial charge in [-0.15, -0.1) is 0 Å². The van der Waals surface area contributed by atoms with Crippen molar-refractivity contribution >= 4 is 11.5 Å². The Morgan fingerprint density at radius 1 is 0.704 bits per heavy atom. The molecule has 0 aliphatic heterocycles. The van der Waals surface area contributed by atoms with Gasteiger partial charge >= 0.3 is 0 Å². The average molecular weight is 354 g/mol. The molecule has 2 nitrogen and oxygen atoms in total. The van der Waals surface area contributed by atoms with E-state index >= 15 is 0 Å². The molecule has 134 valence electrons. The summed E-state index contributed by atoms with van der Waals surface area (Å²) in [4.78, 5) is 13.3. The number of benzene rings is 3. The van der Waals surface area contributed by atoms with Crippen LogP contribution in [0.1, 0.15) is 58.3 Å². The lowest BCUT2D eigenvalue weighted by Crippen LogP contribution is -2.14. The lowest BCUT2D eigenvalue weighted by Gasteiger charge is -2.23. The third kappa shape index (κ3) is 2.87. The van der Waals surface area contributed by atoms with Crippen LogP contribution in [0, 0.1) is 0 Å². The van der Waals surface area contributed by atoms with Gasteiger partial charge in [0.15, 0.2) is 5.78 Å². The second-order valence-corrected chi connectivity index (χ2v) is 7.26. The largest absolute Gasteiger partial charge is 0.507 e. The van der Waals surface area contributed by atoms with Crippen molar-refractivity contribution in [1.82, 2.24) is 0 Å². The van der Waals surface area contributed by atoms with Gasteiger partial charge in [-0.25, -0.2) is 0 Å². The van der Waals surface area contributed by atoms with Crippen LogP contribution in [-0.4, -0.2) is 10.9 Å². The molecule has 0 amide bonds. The molecule has 3 aromatic rings. The Bertz CT molecular complexity index is 1030. The highest BCUT2D eigenvalue weighted by atomic mass is 16.3. The molecule has 1 aliphatic rings. The standard InChI is InChI=1S/C25H22O2/c1-16(2)18-12-6-7-13-19(18)22(17-10-4-3-5-11-17)23-24(26)20-14-8-9-15-21(20)25(23)27/h3-16,22,26H,1-2H3/t22-/m1/s1. The van der Waals surface area contributed by atoms with Gasteiger partial charge in [0.2, 0.25) is 0 Å². The number of Topliss-reactive ketones (excluding diaryl/α,β-unsaturated/α-hetero) is 1. The Morgan fingerprint density at radius 2 is 1.26 bits per heavy atom. The number of rotatable bonds is 4. The van der Waals surface area contributed by atoms with Gasteiger partial charge in [-0.2, -0.15) is 0 Å². The van der Waals surface area contributed by atoms with Crippen LogP contribution in [0.4, 0.5) is 0 Å². The third-order valence-corrected chi connectivity index (χ3v) is 5.28. The Morgan fingerprint density at radius 3 is 1.89 bits per heavy atom. The van der Waals surface area contributed by atoms with Crippen LogP contribution < -0.4 is 0 Å². The summed E-state index contributed by atoms with van der Waals surface area (Å²) in [6.07, 6.45) is 0.